The molecule has 0 aliphatic heterocycles. The van der Waals surface area contributed by atoms with Crippen LogP contribution in [0.4, 0.5) is 10.5 Å². The number of aliphatic hydroxyl groups is 2. The molecule has 142 heavy (non-hydrogen) atoms. The first-order chi connectivity index (χ1) is 67.1. The number of carboxylic acid groups (broad SMARTS) is 1. The number of carbonyl (C=O) groups excluding carboxylic acids is 5. The normalized spacial score (nSPS) is 24.0. The quantitative estimate of drug-likeness (QED) is 0.0230. The van der Waals surface area contributed by atoms with Crippen molar-refractivity contribution in [1.82, 2.24) is 22.8 Å². The van der Waals surface area contributed by atoms with Crippen LogP contribution in [0.3, 0.4) is 0 Å². The topological polar surface area (TPSA) is 467 Å². The Morgan fingerprint density at radius 3 is 0.880 bits per heavy atom. The minimum Gasteiger partial charge on any atom is -0.477 e. The summed E-state index contributed by atoms with van der Waals surface area (Å²) in [5.41, 5.74) is 14.6. The zero-order valence-electron chi connectivity index (χ0n) is 87.6. The number of nitrogens with two attached hydrogens (primary N) is 3. The number of aromatic carboxylic acids is 1. The van der Waals surface area contributed by atoms with E-state index in [1.807, 2.05) is 0 Å². The van der Waals surface area contributed by atoms with E-state index < -0.39 is 60.8 Å². The molecule has 6 heterocycles. The average Bonchev–Trinajstić information content (AvgIpc) is 0.833. The monoisotopic (exact) mass is 2050 g/mol. The maximum atomic E-state index is 12.6. The van der Waals surface area contributed by atoms with E-state index in [2.05, 4.69) is 89.9 Å². The van der Waals surface area contributed by atoms with Crippen molar-refractivity contribution in [2.24, 2.45) is 35.0 Å². The Labute approximate surface area is 849 Å². The molecule has 0 saturated heterocycles. The van der Waals surface area contributed by atoms with Crippen molar-refractivity contribution in [3.05, 3.63) is 200 Å². The van der Waals surface area contributed by atoms with Gasteiger partial charge in [0, 0.05) is 109 Å². The summed E-state index contributed by atoms with van der Waals surface area (Å²) in [5, 5.41) is 30.7. The summed E-state index contributed by atoms with van der Waals surface area (Å²) < 4.78 is 51.9. The van der Waals surface area contributed by atoms with Gasteiger partial charge in [-0.2, -0.15) is 0 Å². The van der Waals surface area contributed by atoms with Gasteiger partial charge >= 0.3 is 41.6 Å². The molecule has 33 nitrogen and oxygen atoms in total. The van der Waals surface area contributed by atoms with Gasteiger partial charge in [0.2, 0.25) is 0 Å². The molecule has 798 valence electrons. The zero-order chi connectivity index (χ0) is 106. The number of nitrogens with zero attached hydrogens (tertiary/aromatic N) is 5. The van der Waals surface area contributed by atoms with Crippen molar-refractivity contribution >= 4 is 72.9 Å². The summed E-state index contributed by atoms with van der Waals surface area (Å²) in [4.78, 5) is 140. The second kappa shape index (κ2) is 64.6. The van der Waals surface area contributed by atoms with Crippen LogP contribution >= 0.6 is 23.2 Å². The lowest BCUT2D eigenvalue weighted by Gasteiger charge is -2.32. The Balaban J connectivity index is 0.000000335. The summed E-state index contributed by atoms with van der Waals surface area (Å²) in [6, 6.07) is 20.8. The molecule has 0 spiro atoms. The molecule has 36 heteroatoms. The van der Waals surface area contributed by atoms with E-state index in [0.717, 1.165) is 159 Å². The van der Waals surface area contributed by atoms with Crippen LogP contribution in [0.1, 0.15) is 350 Å². The van der Waals surface area contributed by atoms with Gasteiger partial charge in [0.1, 0.15) is 39.1 Å². The van der Waals surface area contributed by atoms with E-state index in [4.69, 9.17) is 69.6 Å². The SMILES string of the molecule is CC(C)(C)[Si](C)(C)C.CC1CCC(N)CC1.CC1CCC(N)CC1.COC(=O)c1cccn(C2CCC(C)CC2)c1=O.COC(=O)c1cccn(C2CCC(O)CC2)c1=O.COC(=O)c1cccn(C2CCC(OC)CC2)c1=O.COC(=O)c1cccoc1=O.COC1CCC(n2cccc(C(=O)O)c2=O)CC1.COC1CCC(n2cccc(NC(=O)OC(C)(C)C)c2=O)CC1.ClCCl.NC1CCC(O)CC1. The molecular formula is C106H167Cl2N9O24Si. The van der Waals surface area contributed by atoms with Crippen LogP contribution in [-0.2, 0) is 37.9 Å². The van der Waals surface area contributed by atoms with E-state index in [-0.39, 0.29) is 122 Å². The molecule has 8 aliphatic rings. The first-order valence-corrected chi connectivity index (χ1v) is 54.8. The fourth-order valence-corrected chi connectivity index (χ4v) is 17.3. The van der Waals surface area contributed by atoms with Gasteiger partial charge < -0.3 is 97.7 Å². The maximum absolute atomic E-state index is 12.6. The number of hydrogen-bond acceptors (Lipinski definition) is 26. The average molecular weight is 2050 g/mol. The lowest BCUT2D eigenvalue weighted by atomic mass is 9.87. The van der Waals surface area contributed by atoms with Crippen LogP contribution in [0, 0.1) is 17.8 Å². The molecule has 0 bridgehead atoms. The zero-order valence-corrected chi connectivity index (χ0v) is 90.1. The number of anilines is 1. The molecule has 8 fully saturated rings. The molecule has 0 unspecified atom stereocenters. The van der Waals surface area contributed by atoms with Gasteiger partial charge in [0.15, 0.2) is 0 Å². The predicted molar refractivity (Wildman–Crippen MR) is 559 cm³/mol. The Morgan fingerprint density at radius 2 is 0.620 bits per heavy atom. The van der Waals surface area contributed by atoms with Gasteiger partial charge in [-0.25, -0.2) is 33.6 Å². The van der Waals surface area contributed by atoms with Crippen molar-refractivity contribution in [2.75, 3.05) is 60.4 Å². The van der Waals surface area contributed by atoms with Crippen molar-refractivity contribution in [3.63, 3.8) is 0 Å². The lowest BCUT2D eigenvalue weighted by molar-refractivity contribution is 0.0565. The van der Waals surface area contributed by atoms with E-state index in [0.29, 0.717) is 36.0 Å². The highest BCUT2D eigenvalue weighted by molar-refractivity contribution is 6.78. The number of esters is 4. The number of hydrogen-bond donors (Lipinski definition) is 7. The second-order valence-electron chi connectivity index (χ2n) is 41.0. The largest absolute Gasteiger partial charge is 0.477 e. The number of aliphatic hydroxyl groups excluding tert-OH is 2. The Kier molecular flexibility index (Phi) is 56.9. The fraction of sp³-hybridized carbons (Fsp3) is 0.660. The predicted octanol–water partition coefficient (Wildman–Crippen LogP) is 18.5. The van der Waals surface area contributed by atoms with Gasteiger partial charge in [-0.3, -0.25) is 29.3 Å². The number of carboxylic acids is 1. The van der Waals surface area contributed by atoms with Crippen molar-refractivity contribution in [3.8, 4) is 0 Å². The van der Waals surface area contributed by atoms with Gasteiger partial charge in [-0.1, -0.05) is 61.2 Å². The third-order valence-corrected chi connectivity index (χ3v) is 32.3. The van der Waals surface area contributed by atoms with Gasteiger partial charge in [0.25, 0.3) is 27.8 Å². The van der Waals surface area contributed by atoms with Gasteiger partial charge in [-0.05, 0) is 322 Å². The van der Waals surface area contributed by atoms with E-state index in [9.17, 15) is 62.6 Å². The second-order valence-corrected chi connectivity index (χ2v) is 47.8. The van der Waals surface area contributed by atoms with Crippen LogP contribution in [0.5, 0.6) is 0 Å². The molecule has 1 amide bonds. The Morgan fingerprint density at radius 1 is 0.380 bits per heavy atom. The van der Waals surface area contributed by atoms with E-state index in [1.165, 1.54) is 122 Å². The summed E-state index contributed by atoms with van der Waals surface area (Å²) >= 11 is 9.53. The number of aromatic nitrogens is 5. The number of pyridine rings is 5. The number of methoxy groups -OCH3 is 7. The number of nitrogens with one attached hydrogen (secondary N) is 1. The highest BCUT2D eigenvalue weighted by Gasteiger charge is 2.33. The third kappa shape index (κ3) is 44.0. The highest BCUT2D eigenvalue weighted by Crippen LogP contribution is 2.37. The molecule has 6 aromatic rings. The van der Waals surface area contributed by atoms with E-state index in [1.54, 1.807) is 132 Å². The number of ether oxygens (including phenoxy) is 8. The Bertz CT molecular complexity index is 4910. The van der Waals surface area contributed by atoms with Gasteiger partial charge in [0.05, 0.1) is 70.6 Å². The standard InChI is InChI=1S/C17H26N2O4.C14H19NO4.C14H19NO3.2C13H17NO4.2C7H15N.C7H6O4.C7H18Si.C6H13NO.CH2Cl2/c1-17(2,3)23-16(21)18-14-6-5-11-19(15(14)20)12-7-9-13(22-4)10-8-12;1-18-11-7-5-10(6-8-11)15-9-3-4-12(13(15)16)14(17)19-2;1-10-5-7-11(8-6-10)15-9-3-4-12(13(15)16)14(17)18-2;1-18-10-6-4-9(5-7-10)14-8-2-3-11(12(14)15)13(16)17;1-18-13(17)11-3-2-8-14(12(11)16)9-4-6-10(15)7-5-9;2*1-6-2-4-7(8)5-3-6;1-10-6(8)5-3-2-4-11-7(5)9;1-7(2,3)8(4,5)6;7-5-1-3-6(8)4-2-5;2-1-3/h5-6,11-13H,7-10H2,1-4H3,(H,18,21);3-4,9-11H,5-8H2,1-2H3;3-4,9-11H,5-8H2,1-2H3;2-3,8-10H,4-7H2,1H3,(H,16,17);2-3,8-10,15H,4-7H2,1H3;2*6-7H,2-5,8H2,1H3;2-4H,1H3;1-6H3;5-6,8H,1-4,7H2;1H2. The summed E-state index contributed by atoms with van der Waals surface area (Å²) in [6.07, 6.45) is 42.0. The molecule has 0 radical (unpaired) electrons. The molecular weight excluding hydrogens is 1880 g/mol. The lowest BCUT2D eigenvalue weighted by Crippen LogP contribution is -2.33. The van der Waals surface area contributed by atoms with Crippen LogP contribution in [0.25, 0.3) is 0 Å². The highest BCUT2D eigenvalue weighted by atomic mass is 35.5. The number of alkyl halides is 2. The molecule has 8 saturated carbocycles. The van der Waals surface area contributed by atoms with Crippen LogP contribution in [0.15, 0.2) is 143 Å². The van der Waals surface area contributed by atoms with Crippen LogP contribution in [-0.4, -0.2) is 192 Å². The van der Waals surface area contributed by atoms with Crippen molar-refractivity contribution in [1.29, 1.82) is 0 Å². The van der Waals surface area contributed by atoms with Crippen LogP contribution in [0.2, 0.25) is 24.7 Å². The molecule has 0 atom stereocenters. The number of halogens is 2. The molecule has 10 N–H and O–H groups in total. The summed E-state index contributed by atoms with van der Waals surface area (Å²) in [5.74, 6) is -0.974. The molecule has 0 aromatic carbocycles. The number of amides is 1. The fourth-order valence-electron chi connectivity index (χ4n) is 17.3. The minimum atomic E-state index is -1.17. The third-order valence-electron chi connectivity index (χ3n) is 27.8. The van der Waals surface area contributed by atoms with Gasteiger partial charge in [-0.15, -0.1) is 23.2 Å². The summed E-state index contributed by atoms with van der Waals surface area (Å²) in [6.45, 7) is 26.4. The van der Waals surface area contributed by atoms with Crippen molar-refractivity contribution < 1.29 is 86.4 Å². The maximum Gasteiger partial charge on any atom is 0.412 e. The molecule has 6 aromatic heterocycles. The molecule has 8 aliphatic carbocycles. The Hall–Kier alpha value is -9.20. The minimum absolute atomic E-state index is 0.0604. The smallest absolute Gasteiger partial charge is 0.412 e. The molecule has 14 rings (SSSR count). The van der Waals surface area contributed by atoms with E-state index >= 15 is 0 Å². The van der Waals surface area contributed by atoms with Crippen LogP contribution < -0.4 is 55.9 Å². The first kappa shape index (κ1) is 125. The summed E-state index contributed by atoms with van der Waals surface area (Å²) in [7, 11) is 9.32. The number of carbonyl (C=O) groups is 6. The first-order valence-electron chi connectivity index (χ1n) is 50.2. The number of rotatable bonds is 14. The van der Waals surface area contributed by atoms with Crippen molar-refractivity contribution in [2.45, 2.75) is 377 Å².